The highest BCUT2D eigenvalue weighted by Crippen LogP contribution is 2.34. The van der Waals surface area contributed by atoms with Gasteiger partial charge in [-0.1, -0.05) is 42.5 Å². The number of benzene rings is 3. The first-order chi connectivity index (χ1) is 22.4. The third-order valence-corrected chi connectivity index (χ3v) is 10.6. The summed E-state index contributed by atoms with van der Waals surface area (Å²) in [4.78, 5) is 38.2. The van der Waals surface area contributed by atoms with E-state index >= 15 is 0 Å². The van der Waals surface area contributed by atoms with Crippen molar-refractivity contribution in [3.63, 3.8) is 0 Å². The van der Waals surface area contributed by atoms with Gasteiger partial charge in [-0.25, -0.2) is 12.8 Å². The fraction of sp³-hybridized carbons (Fsp3) is 0.400. The number of halogens is 1. The van der Waals surface area contributed by atoms with Crippen molar-refractivity contribution in [2.24, 2.45) is 11.8 Å². The van der Waals surface area contributed by atoms with E-state index in [1.54, 1.807) is 37.3 Å². The molecule has 2 saturated heterocycles. The Bertz CT molecular complexity index is 1620. The third kappa shape index (κ3) is 8.17. The van der Waals surface area contributed by atoms with E-state index in [1.165, 1.54) is 29.2 Å². The van der Waals surface area contributed by atoms with Crippen molar-refractivity contribution in [1.82, 2.24) is 9.80 Å². The number of sulfone groups is 1. The number of hydrogen-bond acceptors (Lipinski definition) is 8. The SMILES string of the molecule is COc1ccc([C@@H](C)N2C[C@H](C(O)C(F)S(=O)(=O)c3ccccc3)CC2=O)cc1.COc1ccc([C@@H](C)N2C[C@H](C=O)CC2=O)cc1. The highest BCUT2D eigenvalue weighted by Gasteiger charge is 2.44. The van der Waals surface area contributed by atoms with Crippen LogP contribution in [0, 0.1) is 11.8 Å². The van der Waals surface area contributed by atoms with Gasteiger partial charge in [0.2, 0.25) is 27.2 Å². The molecule has 0 radical (unpaired) electrons. The smallest absolute Gasteiger partial charge is 0.231 e. The summed E-state index contributed by atoms with van der Waals surface area (Å²) in [6.07, 6.45) is -0.688. The summed E-state index contributed by atoms with van der Waals surface area (Å²) in [6, 6.07) is 21.7. The number of alkyl halides is 1. The Balaban J connectivity index is 0.000000238. The summed E-state index contributed by atoms with van der Waals surface area (Å²) < 4.78 is 49.9. The van der Waals surface area contributed by atoms with Crippen LogP contribution in [0.1, 0.15) is 49.9 Å². The largest absolute Gasteiger partial charge is 0.497 e. The van der Waals surface area contributed by atoms with Gasteiger partial charge in [-0.15, -0.1) is 0 Å². The fourth-order valence-electron chi connectivity index (χ4n) is 5.85. The maximum atomic E-state index is 14.8. The second-order valence-electron chi connectivity index (χ2n) is 11.8. The van der Waals surface area contributed by atoms with E-state index in [9.17, 15) is 32.3 Å². The lowest BCUT2D eigenvalue weighted by Gasteiger charge is -2.27. The van der Waals surface area contributed by atoms with E-state index in [4.69, 9.17) is 9.47 Å². The van der Waals surface area contributed by atoms with Crippen molar-refractivity contribution in [2.75, 3.05) is 27.3 Å². The van der Waals surface area contributed by atoms with Crippen LogP contribution in [0.25, 0.3) is 0 Å². The van der Waals surface area contributed by atoms with Crippen molar-refractivity contribution < 1.29 is 41.8 Å². The zero-order chi connectivity index (χ0) is 34.3. The number of ether oxygens (including phenoxy) is 2. The molecule has 0 aliphatic carbocycles. The summed E-state index contributed by atoms with van der Waals surface area (Å²) in [5, 5.41) is 10.4. The van der Waals surface area contributed by atoms with Crippen LogP contribution in [-0.4, -0.2) is 80.3 Å². The molecule has 0 saturated carbocycles. The molecule has 2 aliphatic heterocycles. The van der Waals surface area contributed by atoms with Gasteiger partial charge in [0.25, 0.3) is 0 Å². The molecule has 1 N–H and O–H groups in total. The molecule has 2 amide bonds. The minimum atomic E-state index is -4.35. The number of amides is 2. The molecule has 2 heterocycles. The fourth-order valence-corrected chi connectivity index (χ4v) is 7.24. The number of rotatable bonds is 11. The minimum Gasteiger partial charge on any atom is -0.497 e. The second-order valence-corrected chi connectivity index (χ2v) is 13.8. The molecule has 252 valence electrons. The molecule has 5 rings (SSSR count). The van der Waals surface area contributed by atoms with Gasteiger partial charge in [0.05, 0.1) is 31.2 Å². The monoisotopic (exact) mass is 668 g/mol. The van der Waals surface area contributed by atoms with Gasteiger partial charge in [-0.3, -0.25) is 9.59 Å². The van der Waals surface area contributed by atoms with Gasteiger partial charge in [0.15, 0.2) is 0 Å². The molecule has 6 atom stereocenters. The van der Waals surface area contributed by atoms with Gasteiger partial charge in [-0.05, 0) is 61.4 Å². The predicted octanol–water partition coefficient (Wildman–Crippen LogP) is 4.54. The Hall–Kier alpha value is -4.29. The number of methoxy groups -OCH3 is 2. The van der Waals surface area contributed by atoms with E-state index in [-0.39, 0.29) is 47.7 Å². The molecule has 3 aromatic rings. The van der Waals surface area contributed by atoms with E-state index in [0.717, 1.165) is 23.2 Å². The molecular weight excluding hydrogens is 627 g/mol. The number of hydrogen-bond donors (Lipinski definition) is 1. The van der Waals surface area contributed by atoms with Gasteiger partial charge >= 0.3 is 0 Å². The molecule has 0 bridgehead atoms. The molecule has 47 heavy (non-hydrogen) atoms. The van der Waals surface area contributed by atoms with Crippen molar-refractivity contribution in [2.45, 2.75) is 55.3 Å². The van der Waals surface area contributed by atoms with E-state index in [2.05, 4.69) is 0 Å². The first kappa shape index (κ1) is 35.6. The van der Waals surface area contributed by atoms with E-state index in [1.807, 2.05) is 50.2 Å². The summed E-state index contributed by atoms with van der Waals surface area (Å²) in [6.45, 7) is 4.42. The number of likely N-dealkylation sites (tertiary alicyclic amines) is 2. The van der Waals surface area contributed by atoms with Crippen LogP contribution in [0.15, 0.2) is 83.8 Å². The van der Waals surface area contributed by atoms with Gasteiger partial charge < -0.3 is 29.2 Å². The second kappa shape index (κ2) is 15.5. The minimum absolute atomic E-state index is 0.00615. The Morgan fingerprint density at radius 2 is 1.26 bits per heavy atom. The molecule has 10 nitrogen and oxygen atoms in total. The maximum absolute atomic E-state index is 14.8. The van der Waals surface area contributed by atoms with Crippen LogP contribution in [0.2, 0.25) is 0 Å². The molecule has 2 unspecified atom stereocenters. The summed E-state index contributed by atoms with van der Waals surface area (Å²) in [7, 11) is -1.17. The highest BCUT2D eigenvalue weighted by atomic mass is 32.2. The standard InChI is InChI=1S/C21H24FNO5S.C14H17NO3/c1-14(15-8-10-17(28-2)11-9-15)23-13-16(12-19(23)24)20(25)21(22)29(26,27)18-6-4-3-5-7-18;1-10(12-3-5-13(18-2)6-4-12)15-8-11(9-16)7-14(15)17/h3-11,14,16,20-21,25H,12-13H2,1-2H3;3-6,9-11H,7-8H2,1-2H3/t14-,16-,20?,21?;10-,11-/m11/s1. The first-order valence-corrected chi connectivity index (χ1v) is 16.9. The van der Waals surface area contributed by atoms with E-state index < -0.39 is 27.4 Å². The van der Waals surface area contributed by atoms with Gasteiger partial charge in [-0.2, -0.15) is 0 Å². The van der Waals surface area contributed by atoms with Crippen LogP contribution in [-0.2, 0) is 24.2 Å². The number of nitrogens with zero attached hydrogens (tertiary/aromatic N) is 2. The first-order valence-electron chi connectivity index (χ1n) is 15.3. The number of carbonyl (C=O) groups is 3. The van der Waals surface area contributed by atoms with Crippen LogP contribution in [0.4, 0.5) is 4.39 Å². The lowest BCUT2D eigenvalue weighted by molar-refractivity contribution is -0.130. The van der Waals surface area contributed by atoms with Crippen LogP contribution in [0.3, 0.4) is 0 Å². The average Bonchev–Trinajstić information content (AvgIpc) is 3.69. The molecule has 0 spiro atoms. The number of carbonyl (C=O) groups excluding carboxylic acids is 3. The normalized spacial score (nSPS) is 20.6. The lowest BCUT2D eigenvalue weighted by Crippen LogP contribution is -2.38. The Labute approximate surface area is 275 Å². The zero-order valence-corrected chi connectivity index (χ0v) is 27.7. The summed E-state index contributed by atoms with van der Waals surface area (Å²) in [5.41, 5.74) is -0.586. The average molecular weight is 669 g/mol. The van der Waals surface area contributed by atoms with E-state index in [0.29, 0.717) is 18.7 Å². The van der Waals surface area contributed by atoms with Crippen LogP contribution in [0.5, 0.6) is 11.5 Å². The number of aliphatic hydroxyl groups is 1. The number of aliphatic hydroxyl groups excluding tert-OH is 1. The molecule has 3 aromatic carbocycles. The highest BCUT2D eigenvalue weighted by molar-refractivity contribution is 7.92. The lowest BCUT2D eigenvalue weighted by atomic mass is 10.0. The van der Waals surface area contributed by atoms with Gasteiger partial charge in [0, 0.05) is 37.8 Å². The molecule has 2 aliphatic rings. The van der Waals surface area contributed by atoms with Crippen molar-refractivity contribution in [3.8, 4) is 11.5 Å². The molecule has 12 heteroatoms. The maximum Gasteiger partial charge on any atom is 0.231 e. The van der Waals surface area contributed by atoms with Gasteiger partial charge in [0.1, 0.15) is 23.9 Å². The number of aldehydes is 1. The van der Waals surface area contributed by atoms with Crippen molar-refractivity contribution in [1.29, 1.82) is 0 Å². The Morgan fingerprint density at radius 1 is 0.787 bits per heavy atom. The molecule has 2 fully saturated rings. The van der Waals surface area contributed by atoms with Crippen LogP contribution < -0.4 is 9.47 Å². The van der Waals surface area contributed by atoms with Crippen molar-refractivity contribution >= 4 is 27.9 Å². The molecular formula is C35H41FN2O8S. The summed E-state index contributed by atoms with van der Waals surface area (Å²) >= 11 is 0. The molecule has 0 aromatic heterocycles. The van der Waals surface area contributed by atoms with Crippen LogP contribution >= 0.6 is 0 Å². The predicted molar refractivity (Wildman–Crippen MR) is 173 cm³/mol. The summed E-state index contributed by atoms with van der Waals surface area (Å²) in [5.74, 6) is 0.324. The zero-order valence-electron chi connectivity index (χ0n) is 26.9. The third-order valence-electron chi connectivity index (χ3n) is 8.82. The van der Waals surface area contributed by atoms with Crippen molar-refractivity contribution in [3.05, 3.63) is 90.0 Å². The Morgan fingerprint density at radius 3 is 1.70 bits per heavy atom. The Kier molecular flexibility index (Phi) is 11.8. The quantitative estimate of drug-likeness (QED) is 0.295. The topological polar surface area (TPSA) is 131 Å².